The van der Waals surface area contributed by atoms with Gasteiger partial charge in [0.25, 0.3) is 5.91 Å². The van der Waals surface area contributed by atoms with Gasteiger partial charge in [0.05, 0.1) is 0 Å². The fourth-order valence-corrected chi connectivity index (χ4v) is 2.52. The zero-order valence-corrected chi connectivity index (χ0v) is 11.3. The highest BCUT2D eigenvalue weighted by atomic mass is 32.1. The lowest BCUT2D eigenvalue weighted by molar-refractivity contribution is 0.0953. The molecule has 0 saturated heterocycles. The summed E-state index contributed by atoms with van der Waals surface area (Å²) in [5.41, 5.74) is 6.71. The maximum absolute atomic E-state index is 12.1. The molecule has 1 heterocycles. The van der Waals surface area contributed by atoms with Crippen molar-refractivity contribution < 1.29 is 4.79 Å². The van der Waals surface area contributed by atoms with Gasteiger partial charge in [-0.15, -0.1) is 0 Å². The van der Waals surface area contributed by atoms with Crippen LogP contribution in [0.15, 0.2) is 0 Å². The van der Waals surface area contributed by atoms with E-state index in [4.69, 9.17) is 5.73 Å². The summed E-state index contributed by atoms with van der Waals surface area (Å²) >= 11 is 1.27. The van der Waals surface area contributed by atoms with Crippen molar-refractivity contribution in [1.29, 1.82) is 0 Å². The Hall–Kier alpha value is -1.30. The largest absolute Gasteiger partial charge is 0.382 e. The molecule has 5 nitrogen and oxygen atoms in total. The summed E-state index contributed by atoms with van der Waals surface area (Å²) in [5, 5.41) is 7.09. The SMILES string of the molecule is CC1(CNc2snc(N)c2C(=O)NC2CC2)CC1. The fourth-order valence-electron chi connectivity index (χ4n) is 1.81. The number of rotatable bonds is 5. The van der Waals surface area contributed by atoms with E-state index in [1.54, 1.807) is 0 Å². The Labute approximate surface area is 110 Å². The Bertz CT molecular complexity index is 476. The summed E-state index contributed by atoms with van der Waals surface area (Å²) < 4.78 is 4.08. The lowest BCUT2D eigenvalue weighted by Crippen LogP contribution is -2.27. The average Bonchev–Trinajstić information content (AvgIpc) is 3.22. The van der Waals surface area contributed by atoms with Gasteiger partial charge in [0.2, 0.25) is 0 Å². The first-order chi connectivity index (χ1) is 8.57. The second-order valence-corrected chi connectivity index (χ2v) is 6.46. The van der Waals surface area contributed by atoms with Gasteiger partial charge in [-0.3, -0.25) is 4.79 Å². The van der Waals surface area contributed by atoms with Crippen LogP contribution in [-0.4, -0.2) is 22.9 Å². The van der Waals surface area contributed by atoms with Gasteiger partial charge in [-0.05, 0) is 42.6 Å². The predicted octanol–water partition coefficient (Wildman–Crippen LogP) is 1.83. The zero-order chi connectivity index (χ0) is 12.8. The minimum Gasteiger partial charge on any atom is -0.382 e. The maximum Gasteiger partial charge on any atom is 0.258 e. The van der Waals surface area contributed by atoms with Gasteiger partial charge >= 0.3 is 0 Å². The van der Waals surface area contributed by atoms with Crippen molar-refractivity contribution in [3.63, 3.8) is 0 Å². The Morgan fingerprint density at radius 3 is 2.89 bits per heavy atom. The quantitative estimate of drug-likeness (QED) is 0.759. The smallest absolute Gasteiger partial charge is 0.258 e. The number of anilines is 2. The molecule has 98 valence electrons. The Balaban J connectivity index is 1.70. The van der Waals surface area contributed by atoms with E-state index in [2.05, 4.69) is 21.9 Å². The second kappa shape index (κ2) is 4.12. The molecule has 2 saturated carbocycles. The molecule has 0 radical (unpaired) electrons. The molecule has 0 aromatic carbocycles. The van der Waals surface area contributed by atoms with Crippen LogP contribution >= 0.6 is 11.5 Å². The van der Waals surface area contributed by atoms with Gasteiger partial charge in [-0.2, -0.15) is 4.37 Å². The van der Waals surface area contributed by atoms with E-state index in [0.29, 0.717) is 22.8 Å². The summed E-state index contributed by atoms with van der Waals surface area (Å²) in [5.74, 6) is 0.244. The van der Waals surface area contributed by atoms with E-state index in [0.717, 1.165) is 24.4 Å². The van der Waals surface area contributed by atoms with E-state index in [9.17, 15) is 4.79 Å². The van der Waals surface area contributed by atoms with Crippen LogP contribution in [0, 0.1) is 5.41 Å². The first-order valence-corrected chi connectivity index (χ1v) is 7.15. The van der Waals surface area contributed by atoms with Crippen molar-refractivity contribution in [2.24, 2.45) is 5.41 Å². The Kier molecular flexibility index (Phi) is 2.69. The third-order valence-corrected chi connectivity index (χ3v) is 4.46. The van der Waals surface area contributed by atoms with E-state index >= 15 is 0 Å². The van der Waals surface area contributed by atoms with Crippen molar-refractivity contribution in [2.75, 3.05) is 17.6 Å². The molecule has 2 fully saturated rings. The highest BCUT2D eigenvalue weighted by molar-refractivity contribution is 7.11. The van der Waals surface area contributed by atoms with Crippen LogP contribution in [0.4, 0.5) is 10.8 Å². The molecule has 2 aliphatic carbocycles. The summed E-state index contributed by atoms with van der Waals surface area (Å²) in [6.45, 7) is 3.13. The molecular formula is C12H18N4OS. The van der Waals surface area contributed by atoms with Crippen LogP contribution in [0.1, 0.15) is 43.0 Å². The molecule has 1 aromatic heterocycles. The summed E-state index contributed by atoms with van der Waals surface area (Å²) in [7, 11) is 0. The number of hydrogen-bond acceptors (Lipinski definition) is 5. The standard InChI is InChI=1S/C12H18N4OS/c1-12(4-5-12)6-14-11-8(9(13)16-18-11)10(17)15-7-2-3-7/h7,14H,2-6H2,1H3,(H2,13,16)(H,15,17). The van der Waals surface area contributed by atoms with Gasteiger partial charge < -0.3 is 16.4 Å². The topological polar surface area (TPSA) is 80.0 Å². The van der Waals surface area contributed by atoms with Crippen molar-refractivity contribution >= 4 is 28.3 Å². The zero-order valence-electron chi connectivity index (χ0n) is 10.5. The molecule has 2 aliphatic rings. The summed E-state index contributed by atoms with van der Waals surface area (Å²) in [6, 6.07) is 0.339. The van der Waals surface area contributed by atoms with Crippen molar-refractivity contribution in [2.45, 2.75) is 38.6 Å². The molecule has 0 aliphatic heterocycles. The number of nitrogen functional groups attached to an aromatic ring is 1. The molecule has 0 unspecified atom stereocenters. The average molecular weight is 266 g/mol. The first kappa shape index (κ1) is 11.8. The third kappa shape index (κ3) is 2.43. The van der Waals surface area contributed by atoms with E-state index in [1.165, 1.54) is 24.4 Å². The molecule has 3 rings (SSSR count). The number of carbonyl (C=O) groups excluding carboxylic acids is 1. The molecule has 0 bridgehead atoms. The lowest BCUT2D eigenvalue weighted by Gasteiger charge is -2.11. The molecule has 1 aromatic rings. The summed E-state index contributed by atoms with van der Waals surface area (Å²) in [6.07, 6.45) is 4.64. The van der Waals surface area contributed by atoms with Crippen LogP contribution in [-0.2, 0) is 0 Å². The molecule has 6 heteroatoms. The molecule has 4 N–H and O–H groups in total. The molecular weight excluding hydrogens is 248 g/mol. The third-order valence-electron chi connectivity index (χ3n) is 3.64. The normalized spacial score (nSPS) is 20.5. The van der Waals surface area contributed by atoms with Gasteiger partial charge in [0, 0.05) is 12.6 Å². The van der Waals surface area contributed by atoms with Crippen LogP contribution < -0.4 is 16.4 Å². The van der Waals surface area contributed by atoms with Crippen molar-refractivity contribution in [3.8, 4) is 0 Å². The van der Waals surface area contributed by atoms with Crippen LogP contribution in [0.5, 0.6) is 0 Å². The summed E-state index contributed by atoms with van der Waals surface area (Å²) in [4.78, 5) is 12.1. The molecule has 18 heavy (non-hydrogen) atoms. The molecule has 0 spiro atoms. The van der Waals surface area contributed by atoms with Gasteiger partial charge in [0.15, 0.2) is 5.82 Å². The fraction of sp³-hybridized carbons (Fsp3) is 0.667. The number of nitrogens with two attached hydrogens (primary N) is 1. The number of amides is 1. The van der Waals surface area contributed by atoms with Gasteiger partial charge in [0.1, 0.15) is 10.6 Å². The highest BCUT2D eigenvalue weighted by Gasteiger charge is 2.37. The number of carbonyl (C=O) groups is 1. The molecule has 0 atom stereocenters. The van der Waals surface area contributed by atoms with E-state index in [1.807, 2.05) is 0 Å². The molecule has 1 amide bonds. The number of hydrogen-bond donors (Lipinski definition) is 3. The monoisotopic (exact) mass is 266 g/mol. The number of nitrogens with zero attached hydrogens (tertiary/aromatic N) is 1. The highest BCUT2D eigenvalue weighted by Crippen LogP contribution is 2.45. The Morgan fingerprint density at radius 2 is 2.28 bits per heavy atom. The lowest BCUT2D eigenvalue weighted by atomic mass is 10.1. The van der Waals surface area contributed by atoms with Crippen LogP contribution in [0.25, 0.3) is 0 Å². The van der Waals surface area contributed by atoms with Gasteiger partial charge in [-0.25, -0.2) is 0 Å². The van der Waals surface area contributed by atoms with Crippen molar-refractivity contribution in [1.82, 2.24) is 9.69 Å². The maximum atomic E-state index is 12.1. The van der Waals surface area contributed by atoms with Crippen LogP contribution in [0.2, 0.25) is 0 Å². The minimum absolute atomic E-state index is 0.0906. The minimum atomic E-state index is -0.0906. The van der Waals surface area contributed by atoms with E-state index < -0.39 is 0 Å². The Morgan fingerprint density at radius 1 is 1.56 bits per heavy atom. The van der Waals surface area contributed by atoms with Crippen molar-refractivity contribution in [3.05, 3.63) is 5.56 Å². The predicted molar refractivity (Wildman–Crippen MR) is 72.8 cm³/mol. The second-order valence-electron chi connectivity index (χ2n) is 5.68. The first-order valence-electron chi connectivity index (χ1n) is 6.37. The number of aromatic nitrogens is 1. The number of nitrogens with one attached hydrogen (secondary N) is 2. The van der Waals surface area contributed by atoms with Crippen LogP contribution in [0.3, 0.4) is 0 Å². The van der Waals surface area contributed by atoms with Gasteiger partial charge in [-0.1, -0.05) is 6.92 Å². The van der Waals surface area contributed by atoms with E-state index in [-0.39, 0.29) is 5.91 Å².